The van der Waals surface area contributed by atoms with E-state index in [-0.39, 0.29) is 0 Å². The first kappa shape index (κ1) is 7.59. The molecule has 0 spiro atoms. The second-order valence-electron chi connectivity index (χ2n) is 3.01. The Morgan fingerprint density at radius 2 is 2.20 bits per heavy atom. The second kappa shape index (κ2) is 3.05. The summed E-state index contributed by atoms with van der Waals surface area (Å²) in [6.07, 6.45) is 4.28. The summed E-state index contributed by atoms with van der Waals surface area (Å²) in [5.74, 6) is 2.77. The average molecular weight is 130 g/mol. The van der Waals surface area contributed by atoms with Gasteiger partial charge >= 0.3 is 63.6 Å². The summed E-state index contributed by atoms with van der Waals surface area (Å²) in [5.41, 5.74) is 1.41. The number of allylic oxidation sites excluding steroid dienone is 3. The Bertz CT molecular complexity index is 199. The van der Waals surface area contributed by atoms with Gasteiger partial charge in [-0.1, -0.05) is 0 Å². The Morgan fingerprint density at radius 1 is 1.50 bits per heavy atom. The Balaban J connectivity index is 2.80. The summed E-state index contributed by atoms with van der Waals surface area (Å²) >= 11 is 0. The van der Waals surface area contributed by atoms with Crippen molar-refractivity contribution in [2.45, 2.75) is 13.8 Å². The summed E-state index contributed by atoms with van der Waals surface area (Å²) in [6.45, 7) is 4.41. The van der Waals surface area contributed by atoms with Crippen LogP contribution in [-0.4, -0.2) is 20.1 Å². The van der Waals surface area contributed by atoms with E-state index in [0.717, 1.165) is 7.28 Å². The summed E-state index contributed by atoms with van der Waals surface area (Å²) in [7, 11) is 5.03. The minimum atomic E-state index is 0.623. The molecule has 0 aromatic heterocycles. The van der Waals surface area contributed by atoms with Gasteiger partial charge in [0.15, 0.2) is 0 Å². The zero-order chi connectivity index (χ0) is 7.56. The number of hydrogen-bond donors (Lipinski definition) is 0. The van der Waals surface area contributed by atoms with Crippen molar-refractivity contribution in [1.82, 2.24) is 0 Å². The Labute approximate surface area is 64.3 Å². The molecular formula is C8H12B2. The fraction of sp³-hybridized carbons (Fsp3) is 0.375. The third-order valence-corrected chi connectivity index (χ3v) is 1.81. The second-order valence-corrected chi connectivity index (χ2v) is 3.01. The molecule has 0 atom stereocenters. The van der Waals surface area contributed by atoms with Gasteiger partial charge in [0.25, 0.3) is 0 Å². The van der Waals surface area contributed by atoms with Crippen LogP contribution in [0.3, 0.4) is 0 Å². The van der Waals surface area contributed by atoms with E-state index in [9.17, 15) is 0 Å². The van der Waals surface area contributed by atoms with Crippen LogP contribution >= 0.6 is 0 Å². The standard InChI is InChI=1S/C8H12B2/c1-6(2)7-4-3-5-10-8(7)9/h3-6,9-10H,1-2H3. The van der Waals surface area contributed by atoms with Crippen LogP contribution in [-0.2, 0) is 0 Å². The third kappa shape index (κ3) is 1.50. The van der Waals surface area contributed by atoms with Gasteiger partial charge in [0.1, 0.15) is 0 Å². The van der Waals surface area contributed by atoms with Crippen LogP contribution in [0.2, 0.25) is 0 Å². The van der Waals surface area contributed by atoms with Gasteiger partial charge in [0, 0.05) is 0 Å². The van der Waals surface area contributed by atoms with Gasteiger partial charge in [-0.2, -0.15) is 0 Å². The van der Waals surface area contributed by atoms with Crippen molar-refractivity contribution in [1.29, 1.82) is 0 Å². The predicted octanol–water partition coefficient (Wildman–Crippen LogP) is 0.563. The SMILES string of the molecule is B=C1BC=CC=C1C(C)C. The fourth-order valence-electron chi connectivity index (χ4n) is 1.22. The van der Waals surface area contributed by atoms with Gasteiger partial charge in [0.2, 0.25) is 0 Å². The molecule has 1 rings (SSSR count). The molecule has 0 aliphatic carbocycles. The van der Waals surface area contributed by atoms with E-state index in [1.165, 1.54) is 10.9 Å². The molecule has 10 heavy (non-hydrogen) atoms. The Morgan fingerprint density at radius 3 is 2.60 bits per heavy atom. The molecule has 0 bridgehead atoms. The van der Waals surface area contributed by atoms with Crippen LogP contribution in [0.4, 0.5) is 0 Å². The van der Waals surface area contributed by atoms with Crippen molar-refractivity contribution in [3.05, 3.63) is 23.7 Å². The van der Waals surface area contributed by atoms with Gasteiger partial charge in [-0.15, -0.1) is 0 Å². The van der Waals surface area contributed by atoms with Gasteiger partial charge in [-0.3, -0.25) is 0 Å². The normalized spacial score (nSPS) is 17.0. The van der Waals surface area contributed by atoms with E-state index < -0.39 is 0 Å². The van der Waals surface area contributed by atoms with Crippen LogP contribution in [0.15, 0.2) is 23.7 Å². The van der Waals surface area contributed by atoms with E-state index >= 15 is 0 Å². The first-order valence-electron chi connectivity index (χ1n) is 3.76. The molecule has 0 amide bonds. The van der Waals surface area contributed by atoms with Crippen molar-refractivity contribution in [3.63, 3.8) is 0 Å². The summed E-state index contributed by atoms with van der Waals surface area (Å²) in [6, 6.07) is 0. The molecule has 0 unspecified atom stereocenters. The Hall–Kier alpha value is -0.520. The number of hydrogen-bond acceptors (Lipinski definition) is 0. The maximum atomic E-state index is 4.00. The van der Waals surface area contributed by atoms with E-state index in [1.807, 2.05) is 0 Å². The molecule has 0 fully saturated rings. The van der Waals surface area contributed by atoms with Crippen molar-refractivity contribution in [2.75, 3.05) is 0 Å². The van der Waals surface area contributed by atoms with Crippen LogP contribution in [0.1, 0.15) is 13.8 Å². The van der Waals surface area contributed by atoms with Gasteiger partial charge in [0.05, 0.1) is 0 Å². The summed E-state index contributed by atoms with van der Waals surface area (Å²) in [5, 5.41) is 1.28. The third-order valence-electron chi connectivity index (χ3n) is 1.81. The first-order chi connectivity index (χ1) is 4.72. The molecule has 0 aromatic carbocycles. The maximum absolute atomic E-state index is 4.00. The quantitative estimate of drug-likeness (QED) is 0.455. The fourth-order valence-corrected chi connectivity index (χ4v) is 1.22. The van der Waals surface area contributed by atoms with E-state index in [2.05, 4.69) is 39.5 Å². The van der Waals surface area contributed by atoms with E-state index in [4.69, 9.17) is 0 Å². The van der Waals surface area contributed by atoms with Crippen molar-refractivity contribution in [2.24, 2.45) is 5.92 Å². The molecule has 1 aliphatic heterocycles. The van der Waals surface area contributed by atoms with E-state index in [0.29, 0.717) is 5.92 Å². The zero-order valence-electron chi connectivity index (χ0n) is 6.72. The molecule has 0 saturated carbocycles. The first-order valence-corrected chi connectivity index (χ1v) is 3.76. The zero-order valence-corrected chi connectivity index (χ0v) is 6.72. The molecule has 0 N–H and O–H groups in total. The van der Waals surface area contributed by atoms with Crippen LogP contribution in [0, 0.1) is 5.92 Å². The molecule has 50 valence electrons. The molecule has 1 heterocycles. The van der Waals surface area contributed by atoms with E-state index in [1.54, 1.807) is 0 Å². The average Bonchev–Trinajstić information content (AvgIpc) is 1.88. The minimum absolute atomic E-state index is 0.623. The van der Waals surface area contributed by atoms with Crippen molar-refractivity contribution in [3.8, 4) is 0 Å². The monoisotopic (exact) mass is 130 g/mol. The van der Waals surface area contributed by atoms with Gasteiger partial charge < -0.3 is 0 Å². The van der Waals surface area contributed by atoms with Crippen molar-refractivity contribution < 1.29 is 0 Å². The Kier molecular flexibility index (Phi) is 2.31. The molecule has 0 aromatic rings. The van der Waals surface area contributed by atoms with Gasteiger partial charge in [-0.25, -0.2) is 0 Å². The predicted molar refractivity (Wildman–Crippen MR) is 51.4 cm³/mol. The number of rotatable bonds is 1. The topological polar surface area (TPSA) is 0 Å². The molecule has 2 heteroatoms. The molecule has 1 aliphatic rings. The summed E-state index contributed by atoms with van der Waals surface area (Å²) in [4.78, 5) is 0. The molecule has 0 saturated heterocycles. The molecular weight excluding hydrogens is 118 g/mol. The van der Waals surface area contributed by atoms with Crippen LogP contribution < -0.4 is 0 Å². The molecule has 0 nitrogen and oxygen atoms in total. The summed E-state index contributed by atoms with van der Waals surface area (Å²) < 4.78 is 0. The van der Waals surface area contributed by atoms with Crippen LogP contribution in [0.5, 0.6) is 0 Å². The molecule has 0 radical (unpaired) electrons. The van der Waals surface area contributed by atoms with Crippen LogP contribution in [0.25, 0.3) is 0 Å². The van der Waals surface area contributed by atoms with Gasteiger partial charge in [-0.05, 0) is 0 Å². The van der Waals surface area contributed by atoms with Crippen molar-refractivity contribution >= 4 is 20.1 Å².